The number of thiazole rings is 1. The molecule has 2 aromatic rings. The van der Waals surface area contributed by atoms with Crippen molar-refractivity contribution in [1.82, 2.24) is 9.88 Å². The number of aromatic nitrogens is 1. The maximum atomic E-state index is 12.2. The van der Waals surface area contributed by atoms with Crippen molar-refractivity contribution < 1.29 is 9.53 Å². The Morgan fingerprint density at radius 1 is 1.45 bits per heavy atom. The topological polar surface area (TPSA) is 42.4 Å². The molecular formula is C15H18N2O2S. The molecule has 0 amide bonds. The molecule has 0 radical (unpaired) electrons. The van der Waals surface area contributed by atoms with Crippen LogP contribution in [0.4, 0.5) is 0 Å². The van der Waals surface area contributed by atoms with Crippen LogP contribution < -0.4 is 4.74 Å². The number of rotatable bonds is 6. The number of ether oxygens (including phenoxy) is 1. The molecule has 0 aliphatic rings. The molecular weight excluding hydrogens is 272 g/mol. The van der Waals surface area contributed by atoms with Crippen molar-refractivity contribution in [3.8, 4) is 5.75 Å². The van der Waals surface area contributed by atoms with Gasteiger partial charge in [0.15, 0.2) is 5.78 Å². The minimum Gasteiger partial charge on any atom is -0.497 e. The van der Waals surface area contributed by atoms with Gasteiger partial charge in [-0.3, -0.25) is 9.69 Å². The minimum absolute atomic E-state index is 0.0818. The molecule has 0 aliphatic carbocycles. The van der Waals surface area contributed by atoms with Crippen LogP contribution in [0.1, 0.15) is 21.1 Å². The van der Waals surface area contributed by atoms with Crippen LogP contribution in [0.2, 0.25) is 0 Å². The summed E-state index contributed by atoms with van der Waals surface area (Å²) in [5, 5.41) is 3.08. The van der Waals surface area contributed by atoms with Crippen LogP contribution in [0, 0.1) is 6.92 Å². The number of likely N-dealkylation sites (N-methyl/N-ethyl adjacent to an activating group) is 1. The van der Waals surface area contributed by atoms with Gasteiger partial charge in [-0.05, 0) is 26.1 Å². The fourth-order valence-electron chi connectivity index (χ4n) is 1.95. The normalized spacial score (nSPS) is 10.8. The van der Waals surface area contributed by atoms with Gasteiger partial charge in [-0.1, -0.05) is 12.1 Å². The average Bonchev–Trinajstić information content (AvgIpc) is 2.83. The van der Waals surface area contributed by atoms with Gasteiger partial charge in [0, 0.05) is 17.5 Å². The molecule has 20 heavy (non-hydrogen) atoms. The molecule has 1 aromatic heterocycles. The van der Waals surface area contributed by atoms with E-state index in [4.69, 9.17) is 4.74 Å². The summed E-state index contributed by atoms with van der Waals surface area (Å²) in [6, 6.07) is 7.24. The van der Waals surface area contributed by atoms with Gasteiger partial charge in [-0.15, -0.1) is 11.3 Å². The minimum atomic E-state index is 0.0818. The molecule has 0 saturated heterocycles. The Balaban J connectivity index is 1.96. The van der Waals surface area contributed by atoms with E-state index in [1.54, 1.807) is 24.5 Å². The van der Waals surface area contributed by atoms with E-state index in [0.717, 1.165) is 10.7 Å². The third-order valence-electron chi connectivity index (χ3n) is 2.90. The lowest BCUT2D eigenvalue weighted by atomic mass is 10.1. The predicted octanol–water partition coefficient (Wildman–Crippen LogP) is 2.77. The van der Waals surface area contributed by atoms with E-state index in [-0.39, 0.29) is 5.78 Å². The highest BCUT2D eigenvalue weighted by Crippen LogP contribution is 2.14. The average molecular weight is 290 g/mol. The SMILES string of the molecule is COc1cccc(C(=O)CN(C)Cc2csc(C)n2)c1. The van der Waals surface area contributed by atoms with E-state index < -0.39 is 0 Å². The zero-order valence-electron chi connectivity index (χ0n) is 11.9. The van der Waals surface area contributed by atoms with Crippen molar-refractivity contribution in [2.75, 3.05) is 20.7 Å². The van der Waals surface area contributed by atoms with E-state index in [9.17, 15) is 4.79 Å². The zero-order chi connectivity index (χ0) is 14.5. The lowest BCUT2D eigenvalue weighted by molar-refractivity contribution is 0.0942. The summed E-state index contributed by atoms with van der Waals surface area (Å²) in [4.78, 5) is 18.6. The summed E-state index contributed by atoms with van der Waals surface area (Å²) >= 11 is 1.63. The molecule has 0 unspecified atom stereocenters. The maximum Gasteiger partial charge on any atom is 0.176 e. The van der Waals surface area contributed by atoms with Crippen molar-refractivity contribution in [2.24, 2.45) is 0 Å². The standard InChI is InChI=1S/C15H18N2O2S/c1-11-16-13(10-20-11)8-17(2)9-15(18)12-5-4-6-14(7-12)19-3/h4-7,10H,8-9H2,1-3H3. The van der Waals surface area contributed by atoms with Gasteiger partial charge in [-0.2, -0.15) is 0 Å². The number of aryl methyl sites for hydroxylation is 1. The molecule has 0 saturated carbocycles. The first kappa shape index (κ1) is 14.7. The lowest BCUT2D eigenvalue weighted by Crippen LogP contribution is -2.25. The number of carbonyl (C=O) groups excluding carboxylic acids is 1. The van der Waals surface area contributed by atoms with Crippen molar-refractivity contribution in [3.05, 3.63) is 45.9 Å². The van der Waals surface area contributed by atoms with Crippen molar-refractivity contribution >= 4 is 17.1 Å². The summed E-state index contributed by atoms with van der Waals surface area (Å²) in [5.41, 5.74) is 1.68. The van der Waals surface area contributed by atoms with E-state index in [1.807, 2.05) is 42.5 Å². The number of ketones is 1. The van der Waals surface area contributed by atoms with Crippen LogP contribution in [-0.4, -0.2) is 36.4 Å². The Labute approximate surface area is 123 Å². The number of Topliss-reactive ketones (excluding diaryl/α,β-unsaturated/α-hetero) is 1. The molecule has 5 heteroatoms. The summed E-state index contributed by atoms with van der Waals surface area (Å²) in [6.45, 7) is 3.03. The molecule has 106 valence electrons. The first-order chi connectivity index (χ1) is 9.58. The molecule has 0 fully saturated rings. The number of methoxy groups -OCH3 is 1. The van der Waals surface area contributed by atoms with Gasteiger partial charge in [-0.25, -0.2) is 4.98 Å². The second kappa shape index (κ2) is 6.63. The van der Waals surface area contributed by atoms with Gasteiger partial charge in [0.1, 0.15) is 5.75 Å². The van der Waals surface area contributed by atoms with Crippen LogP contribution in [0.15, 0.2) is 29.6 Å². The van der Waals surface area contributed by atoms with Crippen LogP contribution in [0.25, 0.3) is 0 Å². The van der Waals surface area contributed by atoms with Gasteiger partial charge >= 0.3 is 0 Å². The Morgan fingerprint density at radius 2 is 2.25 bits per heavy atom. The number of carbonyl (C=O) groups is 1. The van der Waals surface area contributed by atoms with E-state index in [1.165, 1.54) is 0 Å². The molecule has 0 spiro atoms. The van der Waals surface area contributed by atoms with Gasteiger partial charge in [0.05, 0.1) is 24.4 Å². The molecule has 1 heterocycles. The van der Waals surface area contributed by atoms with E-state index >= 15 is 0 Å². The highest BCUT2D eigenvalue weighted by molar-refractivity contribution is 7.09. The molecule has 0 atom stereocenters. The summed E-state index contributed by atoms with van der Waals surface area (Å²) < 4.78 is 5.13. The fraction of sp³-hybridized carbons (Fsp3) is 0.333. The zero-order valence-corrected chi connectivity index (χ0v) is 12.7. The fourth-order valence-corrected chi connectivity index (χ4v) is 2.55. The predicted molar refractivity (Wildman–Crippen MR) is 80.5 cm³/mol. The lowest BCUT2D eigenvalue weighted by Gasteiger charge is -2.14. The van der Waals surface area contributed by atoms with Gasteiger partial charge in [0.2, 0.25) is 0 Å². The van der Waals surface area contributed by atoms with Crippen LogP contribution in [0.5, 0.6) is 5.75 Å². The molecule has 0 N–H and O–H groups in total. The summed E-state index contributed by atoms with van der Waals surface area (Å²) in [6.07, 6.45) is 0. The second-order valence-corrected chi connectivity index (χ2v) is 5.75. The van der Waals surface area contributed by atoms with E-state index in [2.05, 4.69) is 4.98 Å². The largest absolute Gasteiger partial charge is 0.497 e. The number of nitrogens with zero attached hydrogens (tertiary/aromatic N) is 2. The molecule has 0 aliphatic heterocycles. The Bertz CT molecular complexity index is 595. The molecule has 4 nitrogen and oxygen atoms in total. The number of benzene rings is 1. The summed E-state index contributed by atoms with van der Waals surface area (Å²) in [5.74, 6) is 0.784. The number of hydrogen-bond donors (Lipinski definition) is 0. The first-order valence-electron chi connectivity index (χ1n) is 6.35. The maximum absolute atomic E-state index is 12.2. The van der Waals surface area contributed by atoms with Crippen molar-refractivity contribution in [1.29, 1.82) is 0 Å². The van der Waals surface area contributed by atoms with Crippen LogP contribution in [-0.2, 0) is 6.54 Å². The second-order valence-electron chi connectivity index (χ2n) is 4.69. The Hall–Kier alpha value is -1.72. The van der Waals surface area contributed by atoms with Crippen LogP contribution >= 0.6 is 11.3 Å². The van der Waals surface area contributed by atoms with Crippen molar-refractivity contribution in [3.63, 3.8) is 0 Å². The van der Waals surface area contributed by atoms with Gasteiger partial charge < -0.3 is 4.74 Å². The molecule has 1 aromatic carbocycles. The van der Waals surface area contributed by atoms with Crippen LogP contribution in [0.3, 0.4) is 0 Å². The van der Waals surface area contributed by atoms with Gasteiger partial charge in [0.25, 0.3) is 0 Å². The Morgan fingerprint density at radius 3 is 2.90 bits per heavy atom. The quantitative estimate of drug-likeness (QED) is 0.767. The molecule has 2 rings (SSSR count). The monoisotopic (exact) mass is 290 g/mol. The smallest absolute Gasteiger partial charge is 0.176 e. The molecule has 0 bridgehead atoms. The summed E-state index contributed by atoms with van der Waals surface area (Å²) in [7, 11) is 3.52. The number of hydrogen-bond acceptors (Lipinski definition) is 5. The highest BCUT2D eigenvalue weighted by atomic mass is 32.1. The van der Waals surface area contributed by atoms with E-state index in [0.29, 0.717) is 24.4 Å². The third-order valence-corrected chi connectivity index (χ3v) is 3.73. The van der Waals surface area contributed by atoms with Crippen molar-refractivity contribution in [2.45, 2.75) is 13.5 Å². The Kier molecular flexibility index (Phi) is 4.87. The highest BCUT2D eigenvalue weighted by Gasteiger charge is 2.11. The third kappa shape index (κ3) is 3.88. The first-order valence-corrected chi connectivity index (χ1v) is 7.23.